The fourth-order valence-corrected chi connectivity index (χ4v) is 3.66. The van der Waals surface area contributed by atoms with Crippen LogP contribution in [0.15, 0.2) is 47.3 Å². The van der Waals surface area contributed by atoms with Crippen LogP contribution in [0.2, 0.25) is 5.02 Å². The van der Waals surface area contributed by atoms with Crippen LogP contribution in [0, 0.1) is 0 Å². The number of carbonyl (C=O) groups is 3. The van der Waals surface area contributed by atoms with E-state index < -0.39 is 11.9 Å². The van der Waals surface area contributed by atoms with Gasteiger partial charge in [0.05, 0.1) is 16.9 Å². The van der Waals surface area contributed by atoms with Crippen molar-refractivity contribution in [3.05, 3.63) is 69.0 Å². The molecular formula is C21H19ClN4O4. The number of aromatic nitrogens is 2. The number of hydrogen-bond acceptors (Lipinski definition) is 4. The largest absolute Gasteiger partial charge is 0.346 e. The molecule has 3 amide bonds. The summed E-state index contributed by atoms with van der Waals surface area (Å²) in [4.78, 5) is 48.8. The van der Waals surface area contributed by atoms with Crippen molar-refractivity contribution in [1.82, 2.24) is 20.4 Å². The predicted molar refractivity (Wildman–Crippen MR) is 111 cm³/mol. The molecule has 4 rings (SSSR count). The Kier molecular flexibility index (Phi) is 5.17. The minimum absolute atomic E-state index is 0.161. The Bertz CT molecular complexity index is 1210. The lowest BCUT2D eigenvalue weighted by Crippen LogP contribution is -2.44. The standard InChI is InChI=1S/C21H19ClN4O4/c1-11(12-2-5-14(22)6-3-12)23-19(28)13-4-7-15-16(10-13)25-26(21(15)30)17-8-9-18(27)24-20(17)29/h2-7,10-11,17,25H,8-9H2,1H3,(H,23,28)(H,24,27,29)/t11-,17?/m1/s1. The van der Waals surface area contributed by atoms with Gasteiger partial charge in [0.25, 0.3) is 17.4 Å². The summed E-state index contributed by atoms with van der Waals surface area (Å²) in [6.45, 7) is 1.86. The third-order valence-electron chi connectivity index (χ3n) is 5.21. The number of H-pyrrole nitrogens is 1. The van der Waals surface area contributed by atoms with Crippen molar-refractivity contribution in [2.24, 2.45) is 0 Å². The van der Waals surface area contributed by atoms with Crippen LogP contribution in [0.3, 0.4) is 0 Å². The summed E-state index contributed by atoms with van der Waals surface area (Å²) in [5.41, 5.74) is 1.35. The van der Waals surface area contributed by atoms with Crippen molar-refractivity contribution in [3.63, 3.8) is 0 Å². The molecule has 1 aromatic heterocycles. The number of amides is 3. The van der Waals surface area contributed by atoms with E-state index in [1.807, 2.05) is 19.1 Å². The zero-order valence-corrected chi connectivity index (χ0v) is 16.8. The summed E-state index contributed by atoms with van der Waals surface area (Å²) >= 11 is 5.90. The molecule has 9 heteroatoms. The van der Waals surface area contributed by atoms with E-state index in [1.165, 1.54) is 4.68 Å². The summed E-state index contributed by atoms with van der Waals surface area (Å²) in [7, 11) is 0. The van der Waals surface area contributed by atoms with E-state index in [9.17, 15) is 19.2 Å². The highest BCUT2D eigenvalue weighted by molar-refractivity contribution is 6.30. The molecule has 2 heterocycles. The molecule has 1 aliphatic rings. The summed E-state index contributed by atoms with van der Waals surface area (Å²) in [6.07, 6.45) is 0.401. The molecule has 8 nitrogen and oxygen atoms in total. The lowest BCUT2D eigenvalue weighted by molar-refractivity contribution is -0.136. The average Bonchev–Trinajstić information content (AvgIpc) is 3.04. The summed E-state index contributed by atoms with van der Waals surface area (Å²) in [6, 6.07) is 10.9. The first kappa shape index (κ1) is 19.9. The van der Waals surface area contributed by atoms with Gasteiger partial charge in [0.1, 0.15) is 6.04 Å². The first-order chi connectivity index (χ1) is 14.3. The van der Waals surface area contributed by atoms with Gasteiger partial charge >= 0.3 is 0 Å². The molecule has 154 valence electrons. The van der Waals surface area contributed by atoms with E-state index in [0.29, 0.717) is 21.5 Å². The number of fused-ring (bicyclic) bond motifs is 1. The number of piperidine rings is 1. The number of nitrogens with zero attached hydrogens (tertiary/aromatic N) is 1. The van der Waals surface area contributed by atoms with Gasteiger partial charge in [0.2, 0.25) is 5.91 Å². The molecule has 1 unspecified atom stereocenters. The molecule has 1 saturated heterocycles. The second-order valence-electron chi connectivity index (χ2n) is 7.26. The molecule has 0 radical (unpaired) electrons. The van der Waals surface area contributed by atoms with Crippen LogP contribution in [0.5, 0.6) is 0 Å². The fourth-order valence-electron chi connectivity index (χ4n) is 3.54. The molecule has 3 aromatic rings. The molecule has 3 N–H and O–H groups in total. The minimum atomic E-state index is -0.787. The molecule has 0 aliphatic carbocycles. The molecule has 2 atom stereocenters. The van der Waals surface area contributed by atoms with E-state index in [2.05, 4.69) is 15.7 Å². The number of nitrogens with one attached hydrogen (secondary N) is 3. The molecule has 1 aliphatic heterocycles. The smallest absolute Gasteiger partial charge is 0.275 e. The van der Waals surface area contributed by atoms with E-state index in [0.717, 1.165) is 5.56 Å². The molecular weight excluding hydrogens is 408 g/mol. The number of imide groups is 1. The van der Waals surface area contributed by atoms with E-state index in [-0.39, 0.29) is 36.3 Å². The van der Waals surface area contributed by atoms with Crippen molar-refractivity contribution in [2.45, 2.75) is 31.8 Å². The van der Waals surface area contributed by atoms with E-state index in [4.69, 9.17) is 11.6 Å². The third kappa shape index (κ3) is 3.73. The summed E-state index contributed by atoms with van der Waals surface area (Å²) in [5, 5.41) is 9.03. The normalized spacial score (nSPS) is 17.6. The summed E-state index contributed by atoms with van der Waals surface area (Å²) in [5.74, 6) is -1.17. The molecule has 30 heavy (non-hydrogen) atoms. The lowest BCUT2D eigenvalue weighted by Gasteiger charge is -2.20. The van der Waals surface area contributed by atoms with Crippen molar-refractivity contribution < 1.29 is 14.4 Å². The lowest BCUT2D eigenvalue weighted by atomic mass is 10.1. The zero-order chi connectivity index (χ0) is 21.4. The third-order valence-corrected chi connectivity index (χ3v) is 5.46. The Balaban J connectivity index is 1.58. The highest BCUT2D eigenvalue weighted by atomic mass is 35.5. The minimum Gasteiger partial charge on any atom is -0.346 e. The molecule has 0 bridgehead atoms. The molecule has 0 saturated carbocycles. The highest BCUT2D eigenvalue weighted by Crippen LogP contribution is 2.20. The second-order valence-corrected chi connectivity index (χ2v) is 7.70. The van der Waals surface area contributed by atoms with E-state index in [1.54, 1.807) is 30.3 Å². The van der Waals surface area contributed by atoms with Crippen molar-refractivity contribution >= 4 is 40.2 Å². The molecule has 2 aromatic carbocycles. The molecule has 1 fully saturated rings. The van der Waals surface area contributed by atoms with Gasteiger partial charge in [-0.15, -0.1) is 0 Å². The van der Waals surface area contributed by atoms with Gasteiger partial charge < -0.3 is 5.32 Å². The Morgan fingerprint density at radius 2 is 1.90 bits per heavy atom. The van der Waals surface area contributed by atoms with Crippen LogP contribution in [0.1, 0.15) is 47.8 Å². The van der Waals surface area contributed by atoms with Crippen molar-refractivity contribution in [1.29, 1.82) is 0 Å². The highest BCUT2D eigenvalue weighted by Gasteiger charge is 2.30. The number of halogens is 1. The first-order valence-electron chi connectivity index (χ1n) is 9.48. The van der Waals surface area contributed by atoms with Crippen LogP contribution in [-0.2, 0) is 9.59 Å². The van der Waals surface area contributed by atoms with Crippen LogP contribution >= 0.6 is 11.6 Å². The van der Waals surface area contributed by atoms with Gasteiger partial charge in [0.15, 0.2) is 0 Å². The van der Waals surface area contributed by atoms with Crippen LogP contribution in [0.25, 0.3) is 10.9 Å². The Hall–Kier alpha value is -3.39. The summed E-state index contributed by atoms with van der Waals surface area (Å²) < 4.78 is 1.21. The maximum Gasteiger partial charge on any atom is 0.275 e. The predicted octanol–water partition coefficient (Wildman–Crippen LogP) is 2.45. The fraction of sp³-hybridized carbons (Fsp3) is 0.238. The number of aromatic amines is 1. The van der Waals surface area contributed by atoms with Crippen LogP contribution < -0.4 is 16.2 Å². The van der Waals surface area contributed by atoms with Crippen molar-refractivity contribution in [3.8, 4) is 0 Å². The Morgan fingerprint density at radius 1 is 1.17 bits per heavy atom. The van der Waals surface area contributed by atoms with Gasteiger partial charge in [-0.3, -0.25) is 29.6 Å². The van der Waals surface area contributed by atoms with Gasteiger partial charge in [-0.25, -0.2) is 4.68 Å². The van der Waals surface area contributed by atoms with Crippen LogP contribution in [0.4, 0.5) is 0 Å². The Labute approximate surface area is 176 Å². The number of hydrogen-bond donors (Lipinski definition) is 3. The van der Waals surface area contributed by atoms with Gasteiger partial charge in [-0.2, -0.15) is 0 Å². The number of carbonyl (C=O) groups excluding carboxylic acids is 3. The first-order valence-corrected chi connectivity index (χ1v) is 9.85. The van der Waals surface area contributed by atoms with Gasteiger partial charge in [-0.1, -0.05) is 23.7 Å². The second kappa shape index (κ2) is 7.79. The van der Waals surface area contributed by atoms with E-state index >= 15 is 0 Å². The van der Waals surface area contributed by atoms with Gasteiger partial charge in [-0.05, 0) is 49.2 Å². The topological polar surface area (TPSA) is 113 Å². The van der Waals surface area contributed by atoms with Crippen LogP contribution in [-0.4, -0.2) is 27.5 Å². The number of rotatable bonds is 4. The molecule has 0 spiro atoms. The van der Waals surface area contributed by atoms with Crippen molar-refractivity contribution in [2.75, 3.05) is 0 Å². The Morgan fingerprint density at radius 3 is 2.60 bits per heavy atom. The quantitative estimate of drug-likeness (QED) is 0.556. The average molecular weight is 427 g/mol. The maximum atomic E-state index is 12.7. The maximum absolute atomic E-state index is 12.7. The van der Waals surface area contributed by atoms with Gasteiger partial charge in [0, 0.05) is 17.0 Å². The number of benzene rings is 2. The zero-order valence-electron chi connectivity index (χ0n) is 16.1. The monoisotopic (exact) mass is 426 g/mol. The SMILES string of the molecule is C[C@@H](NC(=O)c1ccc2c(=O)n(C3CCC(=O)NC3=O)[nH]c2c1)c1ccc(Cl)cc1.